The Labute approximate surface area is 168 Å². The zero-order valence-electron chi connectivity index (χ0n) is 17.7. The lowest BCUT2D eigenvalue weighted by molar-refractivity contribution is 0.328. The predicted molar refractivity (Wildman–Crippen MR) is 118 cm³/mol. The van der Waals surface area contributed by atoms with Crippen LogP contribution in [0.5, 0.6) is 0 Å². The minimum atomic E-state index is 0.266. The second-order valence-corrected chi connectivity index (χ2v) is 7.55. The van der Waals surface area contributed by atoms with Gasteiger partial charge in [0.15, 0.2) is 5.65 Å². The van der Waals surface area contributed by atoms with Gasteiger partial charge >= 0.3 is 0 Å². The third-order valence-electron chi connectivity index (χ3n) is 4.84. The summed E-state index contributed by atoms with van der Waals surface area (Å²) in [5.74, 6) is 0. The topological polar surface area (TPSA) is 58.0 Å². The molecule has 2 aromatic heterocycles. The fourth-order valence-electron chi connectivity index (χ4n) is 3.40. The number of nitrogens with one attached hydrogen (secondary N) is 2. The molecule has 0 saturated carbocycles. The van der Waals surface area contributed by atoms with Crippen molar-refractivity contribution in [2.75, 3.05) is 39.0 Å². The molecule has 0 unspecified atom stereocenters. The van der Waals surface area contributed by atoms with E-state index < -0.39 is 0 Å². The molecule has 6 nitrogen and oxygen atoms in total. The van der Waals surface area contributed by atoms with E-state index in [0.717, 1.165) is 54.2 Å². The van der Waals surface area contributed by atoms with E-state index in [4.69, 9.17) is 4.98 Å². The van der Waals surface area contributed by atoms with E-state index in [1.165, 1.54) is 5.56 Å². The molecule has 2 N–H and O–H groups in total. The van der Waals surface area contributed by atoms with Gasteiger partial charge in [-0.05, 0) is 52.6 Å². The first-order chi connectivity index (χ1) is 13.5. The number of fused-ring (bicyclic) bond motifs is 1. The molecule has 28 heavy (non-hydrogen) atoms. The summed E-state index contributed by atoms with van der Waals surface area (Å²) in [4.78, 5) is 7.30. The van der Waals surface area contributed by atoms with E-state index in [-0.39, 0.29) is 6.04 Å². The Bertz CT molecular complexity index is 915. The third-order valence-corrected chi connectivity index (χ3v) is 4.84. The minimum absolute atomic E-state index is 0.266. The molecule has 0 fully saturated rings. The van der Waals surface area contributed by atoms with Crippen LogP contribution in [0.25, 0.3) is 22.3 Å². The molecular weight excluding hydrogens is 348 g/mol. The Hall–Kier alpha value is -2.44. The zero-order valence-corrected chi connectivity index (χ0v) is 17.7. The van der Waals surface area contributed by atoms with Gasteiger partial charge in [0.25, 0.3) is 0 Å². The number of benzene rings is 1. The highest BCUT2D eigenvalue weighted by Crippen LogP contribution is 2.30. The molecule has 0 aliphatic carbocycles. The Morgan fingerprint density at radius 1 is 1.21 bits per heavy atom. The van der Waals surface area contributed by atoms with E-state index in [1.807, 2.05) is 17.9 Å². The van der Waals surface area contributed by atoms with E-state index in [2.05, 4.69) is 78.8 Å². The molecular formula is C22H32N6. The second-order valence-electron chi connectivity index (χ2n) is 7.55. The Morgan fingerprint density at radius 2 is 2.04 bits per heavy atom. The number of hydrogen-bond donors (Lipinski definition) is 2. The largest absolute Gasteiger partial charge is 0.385 e. The van der Waals surface area contributed by atoms with Crippen LogP contribution in [0.1, 0.15) is 32.4 Å². The van der Waals surface area contributed by atoms with E-state index >= 15 is 0 Å². The monoisotopic (exact) mass is 380 g/mol. The average molecular weight is 381 g/mol. The SMILES string of the molecule is CCNc1cc(-c2cccc(CN(C)CCNC)c2)nc2c1cnn2C(C)C. The van der Waals surface area contributed by atoms with Gasteiger partial charge in [0.1, 0.15) is 0 Å². The minimum Gasteiger partial charge on any atom is -0.385 e. The van der Waals surface area contributed by atoms with E-state index in [0.29, 0.717) is 0 Å². The maximum absolute atomic E-state index is 4.98. The summed E-state index contributed by atoms with van der Waals surface area (Å²) in [6, 6.07) is 11.1. The van der Waals surface area contributed by atoms with Gasteiger partial charge < -0.3 is 15.5 Å². The normalized spacial score (nSPS) is 11.7. The summed E-state index contributed by atoms with van der Waals surface area (Å²) in [5, 5.41) is 12.3. The van der Waals surface area contributed by atoms with Crippen LogP contribution in [0.2, 0.25) is 0 Å². The van der Waals surface area contributed by atoms with Crippen LogP contribution in [0.4, 0.5) is 5.69 Å². The molecule has 150 valence electrons. The first-order valence-electron chi connectivity index (χ1n) is 10.1. The van der Waals surface area contributed by atoms with Crippen molar-refractivity contribution in [3.8, 4) is 11.3 Å². The summed E-state index contributed by atoms with van der Waals surface area (Å²) in [5.41, 5.74) is 5.42. The van der Waals surface area contributed by atoms with Crippen molar-refractivity contribution in [2.45, 2.75) is 33.4 Å². The molecule has 0 aliphatic rings. The first kappa shape index (κ1) is 20.3. The van der Waals surface area contributed by atoms with Crippen LogP contribution in [-0.4, -0.2) is 53.4 Å². The molecule has 6 heteroatoms. The summed E-state index contributed by atoms with van der Waals surface area (Å²) >= 11 is 0. The Morgan fingerprint density at radius 3 is 2.75 bits per heavy atom. The maximum Gasteiger partial charge on any atom is 0.160 e. The number of anilines is 1. The molecule has 0 atom stereocenters. The van der Waals surface area contributed by atoms with E-state index in [9.17, 15) is 0 Å². The van der Waals surface area contributed by atoms with Crippen molar-refractivity contribution in [2.24, 2.45) is 0 Å². The molecule has 0 radical (unpaired) electrons. The third kappa shape index (κ3) is 4.51. The van der Waals surface area contributed by atoms with Gasteiger partial charge in [-0.15, -0.1) is 0 Å². The second kappa shape index (κ2) is 9.17. The molecule has 0 bridgehead atoms. The van der Waals surface area contributed by atoms with Gasteiger partial charge in [0.2, 0.25) is 0 Å². The van der Waals surface area contributed by atoms with Crippen LogP contribution in [0.15, 0.2) is 36.5 Å². The highest BCUT2D eigenvalue weighted by Gasteiger charge is 2.14. The van der Waals surface area contributed by atoms with Crippen molar-refractivity contribution in [1.82, 2.24) is 25.0 Å². The molecule has 0 amide bonds. The summed E-state index contributed by atoms with van der Waals surface area (Å²) in [6.45, 7) is 10.2. The summed E-state index contributed by atoms with van der Waals surface area (Å²) in [6.07, 6.45) is 1.91. The van der Waals surface area contributed by atoms with Gasteiger partial charge in [0.05, 0.1) is 17.3 Å². The molecule has 3 aromatic rings. The number of rotatable bonds is 9. The van der Waals surface area contributed by atoms with Crippen LogP contribution >= 0.6 is 0 Å². The molecule has 3 rings (SSSR count). The van der Waals surface area contributed by atoms with Gasteiger partial charge in [0, 0.05) is 43.5 Å². The Kier molecular flexibility index (Phi) is 6.65. The van der Waals surface area contributed by atoms with Crippen LogP contribution in [0.3, 0.4) is 0 Å². The van der Waals surface area contributed by atoms with Crippen molar-refractivity contribution in [3.05, 3.63) is 42.1 Å². The lowest BCUT2D eigenvalue weighted by atomic mass is 10.1. The van der Waals surface area contributed by atoms with Gasteiger partial charge in [-0.2, -0.15) is 5.10 Å². The zero-order chi connectivity index (χ0) is 20.1. The number of hydrogen-bond acceptors (Lipinski definition) is 5. The number of nitrogens with zero attached hydrogens (tertiary/aromatic N) is 4. The quantitative estimate of drug-likeness (QED) is 0.592. The number of likely N-dealkylation sites (N-methyl/N-ethyl adjacent to an activating group) is 2. The lowest BCUT2D eigenvalue weighted by Crippen LogP contribution is -2.26. The highest BCUT2D eigenvalue weighted by molar-refractivity contribution is 5.91. The van der Waals surface area contributed by atoms with Crippen molar-refractivity contribution in [3.63, 3.8) is 0 Å². The fraction of sp³-hybridized carbons (Fsp3) is 0.455. The summed E-state index contributed by atoms with van der Waals surface area (Å²) < 4.78 is 2.00. The van der Waals surface area contributed by atoms with Crippen LogP contribution in [-0.2, 0) is 6.54 Å². The van der Waals surface area contributed by atoms with Crippen molar-refractivity contribution >= 4 is 16.7 Å². The van der Waals surface area contributed by atoms with Gasteiger partial charge in [-0.3, -0.25) is 0 Å². The van der Waals surface area contributed by atoms with Crippen molar-refractivity contribution < 1.29 is 0 Å². The fourth-order valence-corrected chi connectivity index (χ4v) is 3.40. The number of aromatic nitrogens is 3. The lowest BCUT2D eigenvalue weighted by Gasteiger charge is -2.17. The maximum atomic E-state index is 4.98. The summed E-state index contributed by atoms with van der Waals surface area (Å²) in [7, 11) is 4.14. The molecule has 2 heterocycles. The smallest absolute Gasteiger partial charge is 0.160 e. The van der Waals surface area contributed by atoms with E-state index in [1.54, 1.807) is 0 Å². The first-order valence-corrected chi connectivity index (χ1v) is 10.1. The van der Waals surface area contributed by atoms with Crippen LogP contribution < -0.4 is 10.6 Å². The molecule has 0 spiro atoms. The molecule has 0 aliphatic heterocycles. The predicted octanol–water partition coefficient (Wildman–Crippen LogP) is 3.76. The highest BCUT2D eigenvalue weighted by atomic mass is 15.3. The molecule has 1 aromatic carbocycles. The van der Waals surface area contributed by atoms with Gasteiger partial charge in [-0.25, -0.2) is 9.67 Å². The van der Waals surface area contributed by atoms with Crippen molar-refractivity contribution in [1.29, 1.82) is 0 Å². The van der Waals surface area contributed by atoms with Gasteiger partial charge in [-0.1, -0.05) is 18.2 Å². The Balaban J connectivity index is 1.98. The van der Waals surface area contributed by atoms with Crippen LogP contribution in [0, 0.1) is 0 Å². The molecule has 0 saturated heterocycles. The number of pyridine rings is 1. The standard InChI is InChI=1S/C22H32N6/c1-6-24-21-13-20(26-22-19(21)14-25-28(22)16(2)3)18-9-7-8-17(12-18)15-27(5)11-10-23-4/h7-9,12-14,16,23H,6,10-11,15H2,1-5H3,(H,24,26). The average Bonchev–Trinajstić information content (AvgIpc) is 3.11.